The lowest BCUT2D eigenvalue weighted by atomic mass is 10.1. The molecule has 0 unspecified atom stereocenters. The molecule has 0 atom stereocenters. The second-order valence-corrected chi connectivity index (χ2v) is 8.60. The quantitative estimate of drug-likeness (QED) is 0.491. The van der Waals surface area contributed by atoms with Crippen molar-refractivity contribution < 1.29 is 9.63 Å². The first kappa shape index (κ1) is 23.5. The minimum Gasteiger partial charge on any atom is -0.348 e. The lowest BCUT2D eigenvalue weighted by Gasteiger charge is -2.22. The Labute approximate surface area is 204 Å². The van der Waals surface area contributed by atoms with Gasteiger partial charge in [-0.25, -0.2) is 4.79 Å². The molecule has 2 heterocycles. The summed E-state index contributed by atoms with van der Waals surface area (Å²) in [5.41, 5.74) is 4.49. The van der Waals surface area contributed by atoms with Crippen molar-refractivity contribution in [3.63, 3.8) is 0 Å². The van der Waals surface area contributed by atoms with Crippen LogP contribution >= 0.6 is 15.9 Å². The molecule has 0 saturated heterocycles. The van der Waals surface area contributed by atoms with Crippen molar-refractivity contribution >= 4 is 32.7 Å². The van der Waals surface area contributed by atoms with E-state index in [9.17, 15) is 14.4 Å². The van der Waals surface area contributed by atoms with E-state index in [4.69, 9.17) is 4.84 Å². The Morgan fingerprint density at radius 2 is 2.00 bits per heavy atom. The highest BCUT2D eigenvalue weighted by atomic mass is 79.9. The van der Waals surface area contributed by atoms with Crippen LogP contribution in [0, 0.1) is 0 Å². The van der Waals surface area contributed by atoms with Crippen molar-refractivity contribution in [3.8, 4) is 0 Å². The monoisotopic (exact) mass is 525 g/mol. The van der Waals surface area contributed by atoms with Crippen molar-refractivity contribution in [2.45, 2.75) is 13.5 Å². The molecular formula is C24H24BrN5O4. The first-order valence-corrected chi connectivity index (χ1v) is 11.5. The van der Waals surface area contributed by atoms with Gasteiger partial charge in [0.1, 0.15) is 0 Å². The summed E-state index contributed by atoms with van der Waals surface area (Å²) in [6, 6.07) is 12.2. The number of rotatable bonds is 7. The van der Waals surface area contributed by atoms with Crippen LogP contribution in [0.2, 0.25) is 0 Å². The smallest absolute Gasteiger partial charge is 0.331 e. The van der Waals surface area contributed by atoms with Crippen molar-refractivity contribution in [2.24, 2.45) is 7.05 Å². The zero-order valence-corrected chi connectivity index (χ0v) is 20.3. The number of hydrazine groups is 1. The fraction of sp³-hybridized carbons (Fsp3) is 0.208. The molecule has 0 saturated carbocycles. The second kappa shape index (κ2) is 10.1. The molecule has 1 aromatic heterocycles. The van der Waals surface area contributed by atoms with Crippen LogP contribution in [0.1, 0.15) is 22.8 Å². The van der Waals surface area contributed by atoms with Crippen molar-refractivity contribution in [1.82, 2.24) is 25.0 Å². The molecule has 2 N–H and O–H groups in total. The summed E-state index contributed by atoms with van der Waals surface area (Å²) in [7, 11) is 1.61. The highest BCUT2D eigenvalue weighted by Crippen LogP contribution is 2.14. The molecule has 0 aliphatic carbocycles. The van der Waals surface area contributed by atoms with Crippen molar-refractivity contribution in [3.05, 3.63) is 103 Å². The number of fused-ring (bicyclic) bond motifs is 1. The molecule has 3 aromatic rings. The van der Waals surface area contributed by atoms with E-state index >= 15 is 0 Å². The van der Waals surface area contributed by atoms with E-state index in [1.54, 1.807) is 31.6 Å². The third-order valence-corrected chi connectivity index (χ3v) is 5.84. The maximum Gasteiger partial charge on any atom is 0.331 e. The van der Waals surface area contributed by atoms with Crippen molar-refractivity contribution in [1.29, 1.82) is 0 Å². The molecule has 34 heavy (non-hydrogen) atoms. The average molecular weight is 526 g/mol. The molecule has 2 aromatic carbocycles. The zero-order valence-electron chi connectivity index (χ0n) is 18.7. The minimum atomic E-state index is -0.441. The van der Waals surface area contributed by atoms with Gasteiger partial charge in [-0.2, -0.15) is 5.17 Å². The van der Waals surface area contributed by atoms with E-state index in [1.807, 2.05) is 37.3 Å². The summed E-state index contributed by atoms with van der Waals surface area (Å²) < 4.78 is 3.46. The molecule has 1 aliphatic heterocycles. The normalized spacial score (nSPS) is 13.0. The Hall–Kier alpha value is -3.63. The number of amides is 1. The Morgan fingerprint density at radius 1 is 1.18 bits per heavy atom. The number of nitrogens with zero attached hydrogens (tertiary/aromatic N) is 3. The number of carbonyl (C=O) groups is 1. The van der Waals surface area contributed by atoms with Crippen LogP contribution in [0.25, 0.3) is 10.9 Å². The number of aryl methyl sites for hydroxylation is 1. The van der Waals surface area contributed by atoms with Gasteiger partial charge in [-0.05, 0) is 54.5 Å². The molecule has 4 rings (SSSR count). The Kier molecular flexibility index (Phi) is 6.99. The van der Waals surface area contributed by atoms with E-state index in [1.165, 1.54) is 20.4 Å². The summed E-state index contributed by atoms with van der Waals surface area (Å²) in [5, 5.41) is 4.61. The first-order valence-electron chi connectivity index (χ1n) is 10.7. The van der Waals surface area contributed by atoms with Crippen LogP contribution in [0.4, 0.5) is 0 Å². The van der Waals surface area contributed by atoms with Gasteiger partial charge in [0, 0.05) is 29.8 Å². The van der Waals surface area contributed by atoms with E-state index in [-0.39, 0.29) is 19.0 Å². The molecular weight excluding hydrogens is 502 g/mol. The number of carbonyl (C=O) groups excluding carboxylic acids is 1. The molecule has 1 aliphatic rings. The van der Waals surface area contributed by atoms with Gasteiger partial charge in [-0.3, -0.25) is 29.0 Å². The SMILES string of the molecule is CCON1C=C(CNC(=O)c2ccc3c(c2)c(=O)n(Cc2cccc(Br)c2)c(=O)n3C)C=CN1. The van der Waals surface area contributed by atoms with Crippen LogP contribution in [0.5, 0.6) is 0 Å². The predicted octanol–water partition coefficient (Wildman–Crippen LogP) is 2.41. The van der Waals surface area contributed by atoms with Gasteiger partial charge in [0.2, 0.25) is 0 Å². The molecule has 9 nitrogen and oxygen atoms in total. The number of hydrogen-bond donors (Lipinski definition) is 2. The topological polar surface area (TPSA) is 97.6 Å². The van der Waals surface area contributed by atoms with E-state index in [2.05, 4.69) is 26.7 Å². The summed E-state index contributed by atoms with van der Waals surface area (Å²) in [4.78, 5) is 44.3. The van der Waals surface area contributed by atoms with E-state index in [0.717, 1.165) is 15.6 Å². The lowest BCUT2D eigenvalue weighted by molar-refractivity contribution is -0.144. The third kappa shape index (κ3) is 4.97. The van der Waals surface area contributed by atoms with Crippen LogP contribution in [-0.2, 0) is 18.4 Å². The summed E-state index contributed by atoms with van der Waals surface area (Å²) in [5.74, 6) is -0.329. The van der Waals surface area contributed by atoms with Crippen LogP contribution < -0.4 is 22.0 Å². The molecule has 10 heteroatoms. The zero-order chi connectivity index (χ0) is 24.2. The molecule has 0 bridgehead atoms. The maximum absolute atomic E-state index is 13.2. The Bertz CT molecular complexity index is 1420. The van der Waals surface area contributed by atoms with Gasteiger partial charge in [-0.1, -0.05) is 28.1 Å². The fourth-order valence-electron chi connectivity index (χ4n) is 3.67. The van der Waals surface area contributed by atoms with Crippen LogP contribution in [-0.4, -0.2) is 33.4 Å². The van der Waals surface area contributed by atoms with Gasteiger partial charge in [0.15, 0.2) is 0 Å². The summed E-state index contributed by atoms with van der Waals surface area (Å²) >= 11 is 3.41. The minimum absolute atomic E-state index is 0.127. The number of nitrogens with one attached hydrogen (secondary N) is 2. The highest BCUT2D eigenvalue weighted by molar-refractivity contribution is 9.10. The third-order valence-electron chi connectivity index (χ3n) is 5.35. The number of benzene rings is 2. The standard InChI is InChI=1S/C24H24BrN5O4/c1-3-34-30-15-17(9-10-27-30)13-26-22(31)18-7-8-21-20(12-18)23(32)29(24(33)28(21)2)14-16-5-4-6-19(25)11-16/h4-12,15,27H,3,13-14H2,1-2H3,(H,26,31). The molecule has 0 spiro atoms. The van der Waals surface area contributed by atoms with Crippen LogP contribution in [0.15, 0.2) is 80.6 Å². The van der Waals surface area contributed by atoms with E-state index < -0.39 is 11.2 Å². The molecule has 0 radical (unpaired) electrons. The van der Waals surface area contributed by atoms with Crippen molar-refractivity contribution in [2.75, 3.05) is 13.2 Å². The average Bonchev–Trinajstić information content (AvgIpc) is 2.84. The largest absolute Gasteiger partial charge is 0.348 e. The predicted molar refractivity (Wildman–Crippen MR) is 133 cm³/mol. The van der Waals surface area contributed by atoms with Gasteiger partial charge >= 0.3 is 5.69 Å². The summed E-state index contributed by atoms with van der Waals surface area (Å²) in [6.07, 6.45) is 5.27. The highest BCUT2D eigenvalue weighted by Gasteiger charge is 2.15. The first-order chi connectivity index (χ1) is 16.4. The van der Waals surface area contributed by atoms with E-state index in [0.29, 0.717) is 23.1 Å². The number of hydrogen-bond acceptors (Lipinski definition) is 6. The molecule has 1 amide bonds. The maximum atomic E-state index is 13.2. The van der Waals surface area contributed by atoms with Gasteiger partial charge in [0.25, 0.3) is 11.5 Å². The second-order valence-electron chi connectivity index (χ2n) is 7.69. The number of hydroxylamine groups is 1. The Balaban J connectivity index is 1.61. The van der Waals surface area contributed by atoms with Crippen LogP contribution in [0.3, 0.4) is 0 Å². The lowest BCUT2D eigenvalue weighted by Crippen LogP contribution is -2.39. The molecule has 176 valence electrons. The molecule has 0 fully saturated rings. The Morgan fingerprint density at radius 3 is 2.76 bits per heavy atom. The number of aromatic nitrogens is 2. The van der Waals surface area contributed by atoms with Gasteiger partial charge in [-0.15, -0.1) is 0 Å². The fourth-order valence-corrected chi connectivity index (χ4v) is 4.11. The van der Waals surface area contributed by atoms with Gasteiger partial charge in [0.05, 0.1) is 30.3 Å². The van der Waals surface area contributed by atoms with Gasteiger partial charge < -0.3 is 5.32 Å². The number of halogens is 1. The summed E-state index contributed by atoms with van der Waals surface area (Å²) in [6.45, 7) is 2.77.